The van der Waals surface area contributed by atoms with Gasteiger partial charge in [-0.15, -0.1) is 5.10 Å². The Balaban J connectivity index is 1.33. The standard InChI is InChI=1S/C21H23N7O2/c1-13-12-17-26(2)21(30)16(9-11-27(17)24-13)22-20(29)18-23-19-15(8-10-28(19)25-18)14-6-4-3-5-7-14/h3-7,12,15-16H,8-11H2,1-2H3,(H,22,29). The first kappa shape index (κ1) is 18.5. The first-order chi connectivity index (χ1) is 14.5. The molecule has 1 N–H and O–H groups in total. The van der Waals surface area contributed by atoms with E-state index < -0.39 is 11.9 Å². The van der Waals surface area contributed by atoms with E-state index in [2.05, 4.69) is 32.6 Å². The predicted octanol–water partition coefficient (Wildman–Crippen LogP) is 1.48. The summed E-state index contributed by atoms with van der Waals surface area (Å²) in [5.74, 6) is 1.18. The number of benzene rings is 1. The molecule has 9 heteroatoms. The molecule has 2 aliphatic heterocycles. The topological polar surface area (TPSA) is 97.9 Å². The second kappa shape index (κ2) is 7.08. The zero-order valence-corrected chi connectivity index (χ0v) is 16.9. The molecule has 3 aromatic rings. The lowest BCUT2D eigenvalue weighted by Crippen LogP contribution is -2.47. The molecular formula is C21H23N7O2. The average molecular weight is 405 g/mol. The van der Waals surface area contributed by atoms with E-state index in [4.69, 9.17) is 0 Å². The summed E-state index contributed by atoms with van der Waals surface area (Å²) in [4.78, 5) is 31.8. The number of carbonyl (C=O) groups is 2. The smallest absolute Gasteiger partial charge is 0.291 e. The van der Waals surface area contributed by atoms with Gasteiger partial charge in [-0.3, -0.25) is 14.5 Å². The number of likely N-dealkylation sites (N-methyl/N-ethyl adjacent to an activating group) is 1. The summed E-state index contributed by atoms with van der Waals surface area (Å²) in [6, 6.07) is 11.3. The molecule has 0 radical (unpaired) electrons. The van der Waals surface area contributed by atoms with E-state index in [9.17, 15) is 9.59 Å². The highest BCUT2D eigenvalue weighted by atomic mass is 16.2. The Kier molecular flexibility index (Phi) is 4.38. The molecule has 9 nitrogen and oxygen atoms in total. The van der Waals surface area contributed by atoms with Crippen LogP contribution in [0.5, 0.6) is 0 Å². The molecule has 0 saturated carbocycles. The summed E-state index contributed by atoms with van der Waals surface area (Å²) >= 11 is 0. The van der Waals surface area contributed by atoms with Crippen LogP contribution < -0.4 is 10.2 Å². The molecule has 0 bridgehead atoms. The maximum Gasteiger partial charge on any atom is 0.291 e. The highest BCUT2D eigenvalue weighted by Gasteiger charge is 2.33. The van der Waals surface area contributed by atoms with Crippen LogP contribution in [-0.2, 0) is 17.9 Å². The van der Waals surface area contributed by atoms with Crippen LogP contribution in [0.25, 0.3) is 0 Å². The van der Waals surface area contributed by atoms with Gasteiger partial charge in [-0.05, 0) is 25.3 Å². The van der Waals surface area contributed by atoms with Gasteiger partial charge in [-0.25, -0.2) is 14.3 Å². The number of hydrogen-bond donors (Lipinski definition) is 1. The fraction of sp³-hybridized carbons (Fsp3) is 0.381. The van der Waals surface area contributed by atoms with Crippen molar-refractivity contribution in [3.8, 4) is 0 Å². The van der Waals surface area contributed by atoms with Crippen molar-refractivity contribution in [3.63, 3.8) is 0 Å². The minimum absolute atomic E-state index is 0.110. The number of amides is 2. The molecule has 0 saturated heterocycles. The summed E-state index contributed by atoms with van der Waals surface area (Å²) < 4.78 is 3.60. The number of aryl methyl sites for hydroxylation is 3. The van der Waals surface area contributed by atoms with E-state index in [1.165, 1.54) is 5.56 Å². The third-order valence-corrected chi connectivity index (χ3v) is 5.83. The van der Waals surface area contributed by atoms with Crippen LogP contribution in [0.1, 0.15) is 46.5 Å². The van der Waals surface area contributed by atoms with Gasteiger partial charge in [0.25, 0.3) is 11.8 Å². The predicted molar refractivity (Wildman–Crippen MR) is 109 cm³/mol. The molecule has 2 unspecified atom stereocenters. The van der Waals surface area contributed by atoms with Crippen molar-refractivity contribution in [1.29, 1.82) is 0 Å². The highest BCUT2D eigenvalue weighted by Crippen LogP contribution is 2.32. The van der Waals surface area contributed by atoms with Gasteiger partial charge in [0.2, 0.25) is 5.82 Å². The van der Waals surface area contributed by atoms with Gasteiger partial charge in [0.1, 0.15) is 17.7 Å². The SMILES string of the molecule is Cc1cc2n(n1)CCC(NC(=O)c1nc3n(n1)CCC3c1ccccc1)C(=O)N2C. The highest BCUT2D eigenvalue weighted by molar-refractivity contribution is 6.00. The van der Waals surface area contributed by atoms with Gasteiger partial charge in [-0.1, -0.05) is 30.3 Å². The number of aromatic nitrogens is 5. The lowest BCUT2D eigenvalue weighted by molar-refractivity contribution is -0.120. The van der Waals surface area contributed by atoms with Crippen molar-refractivity contribution in [1.82, 2.24) is 29.9 Å². The number of nitrogens with one attached hydrogen (secondary N) is 1. The van der Waals surface area contributed by atoms with Crippen molar-refractivity contribution >= 4 is 17.6 Å². The molecule has 30 heavy (non-hydrogen) atoms. The molecule has 2 atom stereocenters. The van der Waals surface area contributed by atoms with E-state index in [1.54, 1.807) is 21.3 Å². The Hall–Kier alpha value is -3.49. The molecule has 2 aromatic heterocycles. The third kappa shape index (κ3) is 3.06. The summed E-state index contributed by atoms with van der Waals surface area (Å²) in [5.41, 5.74) is 2.03. The summed E-state index contributed by atoms with van der Waals surface area (Å²) in [7, 11) is 1.70. The van der Waals surface area contributed by atoms with Gasteiger partial charge in [0.05, 0.1) is 5.69 Å². The van der Waals surface area contributed by atoms with Crippen molar-refractivity contribution in [3.05, 3.63) is 59.3 Å². The van der Waals surface area contributed by atoms with Gasteiger partial charge in [-0.2, -0.15) is 5.10 Å². The van der Waals surface area contributed by atoms with E-state index >= 15 is 0 Å². The van der Waals surface area contributed by atoms with Crippen LogP contribution in [0.2, 0.25) is 0 Å². The minimum atomic E-state index is -0.646. The Bertz CT molecular complexity index is 1120. The molecule has 4 heterocycles. The van der Waals surface area contributed by atoms with Crippen LogP contribution in [0.4, 0.5) is 5.82 Å². The van der Waals surface area contributed by atoms with Gasteiger partial charge in [0, 0.05) is 32.1 Å². The summed E-state index contributed by atoms with van der Waals surface area (Å²) in [6.07, 6.45) is 1.38. The largest absolute Gasteiger partial charge is 0.337 e. The second-order valence-electron chi connectivity index (χ2n) is 7.85. The maximum atomic E-state index is 12.9. The Labute approximate surface area is 173 Å². The molecule has 2 amide bonds. The number of fused-ring (bicyclic) bond motifs is 2. The van der Waals surface area contributed by atoms with E-state index in [0.29, 0.717) is 13.0 Å². The van der Waals surface area contributed by atoms with Crippen molar-refractivity contribution in [2.24, 2.45) is 0 Å². The zero-order chi connectivity index (χ0) is 20.8. The lowest BCUT2D eigenvalue weighted by atomic mass is 9.97. The van der Waals surface area contributed by atoms with Gasteiger partial charge < -0.3 is 5.32 Å². The number of rotatable bonds is 3. The Morgan fingerprint density at radius 3 is 2.67 bits per heavy atom. The maximum absolute atomic E-state index is 12.9. The average Bonchev–Trinajstić information content (AvgIpc) is 3.42. The molecule has 154 valence electrons. The van der Waals surface area contributed by atoms with E-state index in [0.717, 1.165) is 30.3 Å². The first-order valence-electron chi connectivity index (χ1n) is 10.1. The van der Waals surface area contributed by atoms with Crippen LogP contribution in [0.3, 0.4) is 0 Å². The lowest BCUT2D eigenvalue weighted by Gasteiger charge is -2.19. The molecule has 0 fully saturated rings. The van der Waals surface area contributed by atoms with Crippen molar-refractivity contribution < 1.29 is 9.59 Å². The second-order valence-corrected chi connectivity index (χ2v) is 7.85. The summed E-state index contributed by atoms with van der Waals surface area (Å²) in [6.45, 7) is 3.17. The molecule has 1 aromatic carbocycles. The molecular weight excluding hydrogens is 382 g/mol. The quantitative estimate of drug-likeness (QED) is 0.712. The first-order valence-corrected chi connectivity index (χ1v) is 10.1. The normalized spacial score (nSPS) is 20.6. The van der Waals surface area contributed by atoms with Crippen LogP contribution in [-0.4, -0.2) is 49.4 Å². The molecule has 0 aliphatic carbocycles. The molecule has 0 spiro atoms. The van der Waals surface area contributed by atoms with Gasteiger partial charge >= 0.3 is 0 Å². The number of nitrogens with zero attached hydrogens (tertiary/aromatic N) is 6. The Morgan fingerprint density at radius 2 is 1.87 bits per heavy atom. The fourth-order valence-electron chi connectivity index (χ4n) is 4.30. The monoisotopic (exact) mass is 405 g/mol. The van der Waals surface area contributed by atoms with E-state index in [-0.39, 0.29) is 17.6 Å². The molecule has 2 aliphatic rings. The summed E-state index contributed by atoms with van der Waals surface area (Å²) in [5, 5.41) is 11.6. The van der Waals surface area contributed by atoms with E-state index in [1.807, 2.05) is 31.2 Å². The van der Waals surface area contributed by atoms with Gasteiger partial charge in [0.15, 0.2) is 0 Å². The zero-order valence-electron chi connectivity index (χ0n) is 16.9. The molecule has 5 rings (SSSR count). The van der Waals surface area contributed by atoms with Crippen LogP contribution in [0.15, 0.2) is 36.4 Å². The van der Waals surface area contributed by atoms with Crippen LogP contribution in [0, 0.1) is 6.92 Å². The Morgan fingerprint density at radius 1 is 1.10 bits per heavy atom. The number of carbonyl (C=O) groups excluding carboxylic acids is 2. The van der Waals surface area contributed by atoms with Crippen LogP contribution >= 0.6 is 0 Å². The number of hydrogen-bond acceptors (Lipinski definition) is 5. The van der Waals surface area contributed by atoms with Crippen molar-refractivity contribution in [2.45, 2.75) is 44.8 Å². The fourth-order valence-corrected chi connectivity index (χ4v) is 4.30. The van der Waals surface area contributed by atoms with Crippen molar-refractivity contribution in [2.75, 3.05) is 11.9 Å². The minimum Gasteiger partial charge on any atom is -0.337 e. The number of anilines is 1. The third-order valence-electron chi connectivity index (χ3n) is 5.83.